The van der Waals surface area contributed by atoms with Crippen molar-refractivity contribution >= 4 is 17.4 Å². The first-order valence-corrected chi connectivity index (χ1v) is 9.68. The second kappa shape index (κ2) is 7.86. The van der Waals surface area contributed by atoms with Gasteiger partial charge in [-0.25, -0.2) is 4.98 Å². The molecule has 2 aliphatic heterocycles. The van der Waals surface area contributed by atoms with Crippen LogP contribution in [0.2, 0.25) is 0 Å². The molecular weight excluding hydrogens is 342 g/mol. The van der Waals surface area contributed by atoms with E-state index in [1.54, 1.807) is 12.3 Å². The van der Waals surface area contributed by atoms with Crippen LogP contribution >= 0.6 is 0 Å². The molecule has 1 unspecified atom stereocenters. The lowest BCUT2D eigenvalue weighted by molar-refractivity contribution is 0.0608. The Morgan fingerprint density at radius 3 is 2.89 bits per heavy atom. The van der Waals surface area contributed by atoms with Crippen LogP contribution in [-0.2, 0) is 0 Å². The Morgan fingerprint density at radius 2 is 2.04 bits per heavy atom. The number of aromatic nitrogens is 1. The van der Waals surface area contributed by atoms with Gasteiger partial charge in [-0.1, -0.05) is 6.92 Å². The summed E-state index contributed by atoms with van der Waals surface area (Å²) in [5.74, 6) is 2.20. The number of hydrogen-bond acceptors (Lipinski definition) is 5. The topological polar surface area (TPSA) is 63.7 Å². The van der Waals surface area contributed by atoms with Gasteiger partial charge in [0.05, 0.1) is 0 Å². The molecule has 0 bridgehead atoms. The van der Waals surface area contributed by atoms with E-state index in [1.165, 1.54) is 6.42 Å². The maximum Gasteiger partial charge on any atom is 0.254 e. The first-order chi connectivity index (χ1) is 13.2. The molecule has 0 saturated carbocycles. The predicted molar refractivity (Wildman–Crippen MR) is 104 cm³/mol. The lowest BCUT2D eigenvalue weighted by atomic mass is 9.99. The molecule has 2 aromatic rings. The quantitative estimate of drug-likeness (QED) is 0.885. The van der Waals surface area contributed by atoms with Gasteiger partial charge in [-0.05, 0) is 49.9 Å². The summed E-state index contributed by atoms with van der Waals surface area (Å²) >= 11 is 0. The molecule has 4 rings (SSSR count). The van der Waals surface area contributed by atoms with Gasteiger partial charge in [0.15, 0.2) is 11.5 Å². The van der Waals surface area contributed by atoms with Crippen molar-refractivity contribution in [2.75, 3.05) is 25.1 Å². The zero-order chi connectivity index (χ0) is 18.6. The van der Waals surface area contributed by atoms with Crippen molar-refractivity contribution in [2.45, 2.75) is 38.6 Å². The van der Waals surface area contributed by atoms with Crippen LogP contribution in [-0.4, -0.2) is 41.6 Å². The molecule has 1 amide bonds. The highest BCUT2D eigenvalue weighted by molar-refractivity contribution is 5.95. The Hall–Kier alpha value is -2.76. The molecule has 0 radical (unpaired) electrons. The van der Waals surface area contributed by atoms with Crippen LogP contribution in [0.3, 0.4) is 0 Å². The third-order valence-electron chi connectivity index (χ3n) is 5.18. The summed E-state index contributed by atoms with van der Waals surface area (Å²) in [6.07, 6.45) is 6.05. The van der Waals surface area contributed by atoms with Crippen molar-refractivity contribution in [3.63, 3.8) is 0 Å². The Balaban J connectivity index is 1.51. The van der Waals surface area contributed by atoms with Gasteiger partial charge in [0.2, 0.25) is 0 Å². The Kier molecular flexibility index (Phi) is 5.14. The van der Waals surface area contributed by atoms with Crippen molar-refractivity contribution in [3.05, 3.63) is 42.1 Å². The highest BCUT2D eigenvalue weighted by Crippen LogP contribution is 2.33. The number of rotatable bonds is 4. The number of likely N-dealkylation sites (tertiary alicyclic amines) is 1. The van der Waals surface area contributed by atoms with E-state index in [4.69, 9.17) is 9.47 Å². The van der Waals surface area contributed by atoms with E-state index >= 15 is 0 Å². The van der Waals surface area contributed by atoms with Crippen LogP contribution < -0.4 is 14.8 Å². The van der Waals surface area contributed by atoms with Crippen molar-refractivity contribution in [3.8, 4) is 11.5 Å². The van der Waals surface area contributed by atoms with Gasteiger partial charge < -0.3 is 19.7 Å². The first kappa shape index (κ1) is 17.6. The number of hydrogen-bond donors (Lipinski definition) is 1. The molecule has 3 heterocycles. The number of nitrogens with one attached hydrogen (secondary N) is 1. The normalized spacial score (nSPS) is 18.9. The summed E-state index contributed by atoms with van der Waals surface area (Å²) in [6.45, 7) is 4.11. The van der Waals surface area contributed by atoms with E-state index in [0.29, 0.717) is 30.6 Å². The maximum absolute atomic E-state index is 13.0. The van der Waals surface area contributed by atoms with Crippen molar-refractivity contribution < 1.29 is 14.3 Å². The SMILES string of the molecule is CCC1CCCCN1C(=O)c1ccnc(Nc2ccc3c(c2)OCCO3)c1. The number of benzene rings is 1. The smallest absolute Gasteiger partial charge is 0.254 e. The average Bonchev–Trinajstić information content (AvgIpc) is 2.73. The summed E-state index contributed by atoms with van der Waals surface area (Å²) < 4.78 is 11.2. The van der Waals surface area contributed by atoms with Gasteiger partial charge in [0.25, 0.3) is 5.91 Å². The molecule has 1 saturated heterocycles. The van der Waals surface area contributed by atoms with Gasteiger partial charge in [-0.2, -0.15) is 0 Å². The van der Waals surface area contributed by atoms with E-state index in [-0.39, 0.29) is 5.91 Å². The molecule has 1 aromatic carbocycles. The highest BCUT2D eigenvalue weighted by atomic mass is 16.6. The van der Waals surface area contributed by atoms with Crippen LogP contribution in [0.25, 0.3) is 0 Å². The third kappa shape index (κ3) is 3.84. The molecule has 6 nitrogen and oxygen atoms in total. The fourth-order valence-electron chi connectivity index (χ4n) is 3.76. The van der Waals surface area contributed by atoms with Crippen molar-refractivity contribution in [1.82, 2.24) is 9.88 Å². The molecule has 1 N–H and O–H groups in total. The summed E-state index contributed by atoms with van der Waals surface area (Å²) in [5.41, 5.74) is 1.52. The van der Waals surface area contributed by atoms with Gasteiger partial charge >= 0.3 is 0 Å². The minimum atomic E-state index is 0.0918. The summed E-state index contributed by atoms with van der Waals surface area (Å²) in [4.78, 5) is 19.4. The van der Waals surface area contributed by atoms with E-state index in [2.05, 4.69) is 17.2 Å². The molecule has 0 aliphatic carbocycles. The largest absolute Gasteiger partial charge is 0.486 e. The van der Waals surface area contributed by atoms with Crippen LogP contribution in [0.4, 0.5) is 11.5 Å². The number of anilines is 2. The molecule has 1 fully saturated rings. The molecule has 6 heteroatoms. The van der Waals surface area contributed by atoms with Crippen LogP contribution in [0.5, 0.6) is 11.5 Å². The van der Waals surface area contributed by atoms with Crippen molar-refractivity contribution in [1.29, 1.82) is 0 Å². The van der Waals surface area contributed by atoms with E-state index < -0.39 is 0 Å². The molecule has 142 valence electrons. The number of carbonyl (C=O) groups excluding carboxylic acids is 1. The summed E-state index contributed by atoms with van der Waals surface area (Å²) in [7, 11) is 0. The van der Waals surface area contributed by atoms with Crippen LogP contribution in [0.1, 0.15) is 43.0 Å². The average molecular weight is 367 g/mol. The highest BCUT2D eigenvalue weighted by Gasteiger charge is 2.26. The standard InChI is InChI=1S/C21H25N3O3/c1-2-17-5-3-4-10-24(17)21(25)15-8-9-22-20(13-15)23-16-6-7-18-19(14-16)27-12-11-26-18/h6-9,13-14,17H,2-5,10-12H2,1H3,(H,22,23). The number of ether oxygens (including phenoxy) is 2. The fraction of sp³-hybridized carbons (Fsp3) is 0.429. The first-order valence-electron chi connectivity index (χ1n) is 9.68. The molecular formula is C21H25N3O3. The van der Waals surface area contributed by atoms with Crippen molar-refractivity contribution in [2.24, 2.45) is 0 Å². The molecule has 0 spiro atoms. The Labute approximate surface area is 159 Å². The second-order valence-electron chi connectivity index (χ2n) is 6.97. The monoisotopic (exact) mass is 367 g/mol. The number of carbonyl (C=O) groups is 1. The van der Waals surface area contributed by atoms with E-state index in [0.717, 1.165) is 43.0 Å². The van der Waals surface area contributed by atoms with E-state index in [1.807, 2.05) is 29.2 Å². The lowest BCUT2D eigenvalue weighted by Crippen LogP contribution is -2.43. The number of nitrogens with zero attached hydrogens (tertiary/aromatic N) is 2. The van der Waals surface area contributed by atoms with Gasteiger partial charge in [-0.15, -0.1) is 0 Å². The van der Waals surface area contributed by atoms with E-state index in [9.17, 15) is 4.79 Å². The third-order valence-corrected chi connectivity index (χ3v) is 5.18. The maximum atomic E-state index is 13.0. The lowest BCUT2D eigenvalue weighted by Gasteiger charge is -2.35. The molecule has 1 aromatic heterocycles. The van der Waals surface area contributed by atoms with Crippen LogP contribution in [0, 0.1) is 0 Å². The summed E-state index contributed by atoms with van der Waals surface area (Å²) in [6, 6.07) is 9.64. The van der Waals surface area contributed by atoms with Crippen LogP contribution in [0.15, 0.2) is 36.5 Å². The molecule has 1 atom stereocenters. The second-order valence-corrected chi connectivity index (χ2v) is 6.97. The minimum absolute atomic E-state index is 0.0918. The zero-order valence-electron chi connectivity index (χ0n) is 15.6. The van der Waals surface area contributed by atoms with Gasteiger partial charge in [-0.3, -0.25) is 4.79 Å². The zero-order valence-corrected chi connectivity index (χ0v) is 15.6. The van der Waals surface area contributed by atoms with Gasteiger partial charge in [0, 0.05) is 36.1 Å². The number of fused-ring (bicyclic) bond motifs is 1. The minimum Gasteiger partial charge on any atom is -0.486 e. The number of pyridine rings is 1. The Morgan fingerprint density at radius 1 is 1.19 bits per heavy atom. The molecule has 2 aliphatic rings. The summed E-state index contributed by atoms with van der Waals surface area (Å²) in [5, 5.41) is 3.26. The number of piperidine rings is 1. The van der Waals surface area contributed by atoms with Gasteiger partial charge in [0.1, 0.15) is 19.0 Å². The predicted octanol–water partition coefficient (Wildman–Crippen LogP) is 4.00. The molecule has 27 heavy (non-hydrogen) atoms. The Bertz CT molecular complexity index is 824. The number of amides is 1. The fourth-order valence-corrected chi connectivity index (χ4v) is 3.76.